The summed E-state index contributed by atoms with van der Waals surface area (Å²) in [5.41, 5.74) is 0. The number of carboxylic acid groups (broad SMARTS) is 2. The molecule has 0 aromatic heterocycles. The molecule has 0 aliphatic carbocycles. The van der Waals surface area contributed by atoms with Crippen LogP contribution in [0.3, 0.4) is 0 Å². The van der Waals surface area contributed by atoms with Crippen LogP contribution in [0.1, 0.15) is 0 Å². The van der Waals surface area contributed by atoms with Gasteiger partial charge in [-0.3, -0.25) is 0 Å². The molecule has 0 aromatic carbocycles. The summed E-state index contributed by atoms with van der Waals surface area (Å²) in [7, 11) is 0. The molecule has 17 heavy (non-hydrogen) atoms. The average molecular weight is 255 g/mol. The Morgan fingerprint density at radius 3 is 1.76 bits per heavy atom. The zero-order valence-electron chi connectivity index (χ0n) is 9.04. The van der Waals surface area contributed by atoms with E-state index in [-0.39, 0.29) is 5.48 Å². The quantitative estimate of drug-likeness (QED) is 0.388. The van der Waals surface area contributed by atoms with Crippen LogP contribution in [-0.2, 0) is 14.3 Å². The third-order valence-electron chi connectivity index (χ3n) is 1.73. The van der Waals surface area contributed by atoms with Crippen LogP contribution in [0.2, 0.25) is 0 Å². The summed E-state index contributed by atoms with van der Waals surface area (Å²) < 4.78 is 5.04. The van der Waals surface area contributed by atoms with Crippen molar-refractivity contribution in [2.45, 2.75) is 12.2 Å². The maximum atomic E-state index is 9.74. The number of carboxylic acids is 2. The van der Waals surface area contributed by atoms with E-state index in [0.717, 1.165) is 26.3 Å². The fourth-order valence-corrected chi connectivity index (χ4v) is 0.844. The van der Waals surface area contributed by atoms with Gasteiger partial charge in [-0.05, 0) is 0 Å². The Bertz CT molecular complexity index is 200. The number of ether oxygens (including phenoxy) is 1. The lowest BCUT2D eigenvalue weighted by atomic mass is 10.2. The van der Waals surface area contributed by atoms with Crippen LogP contribution < -0.4 is 10.4 Å². The number of aliphatic hydroxyl groups is 2. The molecule has 1 fully saturated rings. The Kier molecular flexibility index (Phi) is 10.6. The van der Waals surface area contributed by atoms with Gasteiger partial charge in [-0.15, -0.1) is 0 Å². The van der Waals surface area contributed by atoms with E-state index in [1.54, 1.807) is 0 Å². The van der Waals surface area contributed by atoms with E-state index < -0.39 is 24.1 Å². The van der Waals surface area contributed by atoms with Crippen molar-refractivity contribution in [3.63, 3.8) is 0 Å². The van der Waals surface area contributed by atoms with Crippen LogP contribution in [-0.4, -0.2) is 71.2 Å². The summed E-state index contributed by atoms with van der Waals surface area (Å²) in [6.07, 6.45) is -4.71. The zero-order chi connectivity index (χ0) is 12.6. The lowest BCUT2D eigenvalue weighted by Crippen LogP contribution is -2.87. The van der Waals surface area contributed by atoms with Gasteiger partial charge in [-0.1, -0.05) is 0 Å². The molecule has 2 atom stereocenters. The van der Waals surface area contributed by atoms with Crippen molar-refractivity contribution in [3.05, 3.63) is 0 Å². The normalized spacial score (nSPS) is 17.8. The summed E-state index contributed by atoms with van der Waals surface area (Å²) in [6.45, 7) is 4.19. The standard InChI is InChI=1S/C4H9NO.C4H6O6.H2O/c1-3-6-4-2-5-1;5-1(3(7)8)2(6)4(9)10;/h5H,1-4H2;1-2,5-6H,(H,7,8)(H,9,10);1H2/t;1-,2-;/m.0./s1. The minimum Gasteiger partial charge on any atom is -0.547 e. The summed E-state index contributed by atoms with van der Waals surface area (Å²) in [6, 6.07) is 0. The highest BCUT2D eigenvalue weighted by Gasteiger charge is 2.23. The molecule has 0 bridgehead atoms. The number of rotatable bonds is 3. The molecule has 9 heteroatoms. The maximum Gasteiger partial charge on any atom is 0.335 e. The van der Waals surface area contributed by atoms with Crippen LogP contribution >= 0.6 is 0 Å². The lowest BCUT2D eigenvalue weighted by Gasteiger charge is -2.13. The minimum atomic E-state index is -2.38. The second-order valence-corrected chi connectivity index (χ2v) is 3.03. The summed E-state index contributed by atoms with van der Waals surface area (Å²) >= 11 is 0. The lowest BCUT2D eigenvalue weighted by molar-refractivity contribution is -0.670. The first-order chi connectivity index (χ1) is 7.46. The van der Waals surface area contributed by atoms with Gasteiger partial charge in [0.15, 0.2) is 6.10 Å². The third kappa shape index (κ3) is 8.54. The Labute approximate surface area is 96.9 Å². The van der Waals surface area contributed by atoms with Gasteiger partial charge in [0.2, 0.25) is 0 Å². The topological polar surface area (TPSA) is 175 Å². The predicted molar refractivity (Wildman–Crippen MR) is 50.7 cm³/mol. The molecule has 0 unspecified atom stereocenters. The smallest absolute Gasteiger partial charge is 0.335 e. The van der Waals surface area contributed by atoms with Gasteiger partial charge in [0.25, 0.3) is 0 Å². The molecular weight excluding hydrogens is 238 g/mol. The van der Waals surface area contributed by atoms with E-state index in [2.05, 4.69) is 5.32 Å². The van der Waals surface area contributed by atoms with Crippen molar-refractivity contribution in [1.82, 2.24) is 0 Å². The highest BCUT2D eigenvalue weighted by atomic mass is 16.5. The van der Waals surface area contributed by atoms with Gasteiger partial charge in [0, 0.05) is 0 Å². The number of carbonyl (C=O) groups excluding carboxylic acids is 1. The van der Waals surface area contributed by atoms with Crippen molar-refractivity contribution >= 4 is 11.9 Å². The number of carbonyl (C=O) groups is 2. The minimum absolute atomic E-state index is 0. The zero-order valence-corrected chi connectivity index (χ0v) is 9.04. The molecule has 0 radical (unpaired) electrons. The first-order valence-corrected chi connectivity index (χ1v) is 4.66. The molecule has 9 nitrogen and oxygen atoms in total. The van der Waals surface area contributed by atoms with E-state index in [1.165, 1.54) is 0 Å². The molecule has 1 heterocycles. The van der Waals surface area contributed by atoms with Crippen molar-refractivity contribution in [3.8, 4) is 0 Å². The van der Waals surface area contributed by atoms with Crippen molar-refractivity contribution in [2.75, 3.05) is 26.3 Å². The van der Waals surface area contributed by atoms with Crippen LogP contribution in [0.5, 0.6) is 0 Å². The fraction of sp³-hybridized carbons (Fsp3) is 0.750. The predicted octanol–water partition coefficient (Wildman–Crippen LogP) is -5.70. The molecule has 0 spiro atoms. The van der Waals surface area contributed by atoms with Gasteiger partial charge in [-0.25, -0.2) is 4.79 Å². The summed E-state index contributed by atoms with van der Waals surface area (Å²) in [5.74, 6) is -3.83. The van der Waals surface area contributed by atoms with E-state index >= 15 is 0 Å². The average Bonchev–Trinajstić information content (AvgIpc) is 2.30. The Hall–Kier alpha value is -1.26. The molecule has 0 amide bonds. The van der Waals surface area contributed by atoms with E-state index in [9.17, 15) is 14.7 Å². The largest absolute Gasteiger partial charge is 0.547 e. The fourth-order valence-electron chi connectivity index (χ4n) is 0.844. The number of quaternary nitrogens is 1. The van der Waals surface area contributed by atoms with Gasteiger partial charge in [0.1, 0.15) is 6.10 Å². The summed E-state index contributed by atoms with van der Waals surface area (Å²) in [5, 5.41) is 36.4. The van der Waals surface area contributed by atoms with Crippen LogP contribution in [0, 0.1) is 0 Å². The highest BCUT2D eigenvalue weighted by molar-refractivity contribution is 5.81. The second kappa shape index (κ2) is 9.93. The van der Waals surface area contributed by atoms with Crippen LogP contribution in [0.25, 0.3) is 0 Å². The molecule has 102 valence electrons. The Morgan fingerprint density at radius 2 is 1.65 bits per heavy atom. The van der Waals surface area contributed by atoms with E-state index in [4.69, 9.17) is 20.1 Å². The van der Waals surface area contributed by atoms with Crippen LogP contribution in [0.15, 0.2) is 0 Å². The Balaban J connectivity index is 0. The van der Waals surface area contributed by atoms with Crippen molar-refractivity contribution < 1.29 is 45.5 Å². The molecule has 1 saturated heterocycles. The number of aliphatic hydroxyl groups excluding tert-OH is 2. The van der Waals surface area contributed by atoms with Crippen molar-refractivity contribution in [2.24, 2.45) is 0 Å². The number of hydrogen-bond acceptors (Lipinski definition) is 6. The molecule has 1 rings (SSSR count). The first kappa shape index (κ1) is 18.1. The summed E-state index contributed by atoms with van der Waals surface area (Å²) in [4.78, 5) is 19.4. The number of morpholine rings is 1. The van der Waals surface area contributed by atoms with E-state index in [1.807, 2.05) is 0 Å². The molecule has 0 saturated carbocycles. The van der Waals surface area contributed by atoms with Crippen molar-refractivity contribution in [1.29, 1.82) is 0 Å². The molecular formula is C8H17NO8. The van der Waals surface area contributed by atoms with Gasteiger partial charge in [-0.2, -0.15) is 0 Å². The maximum absolute atomic E-state index is 9.74. The SMILES string of the molecule is C1COCC[NH2+]1.O.O=C([O-])[C@@H](O)[C@H](O)C(=O)O. The second-order valence-electron chi connectivity index (χ2n) is 3.03. The molecule has 0 aromatic rings. The number of nitrogens with two attached hydrogens (primary N) is 1. The molecule has 7 N–H and O–H groups in total. The van der Waals surface area contributed by atoms with E-state index in [0.29, 0.717) is 0 Å². The number of aliphatic carboxylic acids is 2. The number of hydrogen-bond donors (Lipinski definition) is 4. The van der Waals surface area contributed by atoms with Gasteiger partial charge in [0.05, 0.1) is 32.3 Å². The third-order valence-corrected chi connectivity index (χ3v) is 1.73. The Morgan fingerprint density at radius 1 is 1.18 bits per heavy atom. The van der Waals surface area contributed by atoms with Gasteiger partial charge >= 0.3 is 5.97 Å². The van der Waals surface area contributed by atoms with Crippen LogP contribution in [0.4, 0.5) is 0 Å². The first-order valence-electron chi connectivity index (χ1n) is 4.66. The highest BCUT2D eigenvalue weighted by Crippen LogP contribution is 1.90. The monoisotopic (exact) mass is 255 g/mol. The molecule has 1 aliphatic rings. The molecule has 1 aliphatic heterocycles. The van der Waals surface area contributed by atoms with Gasteiger partial charge < -0.3 is 40.8 Å².